The first-order valence-electron chi connectivity index (χ1n) is 15.1. The molecule has 250 valence electrons. The van der Waals surface area contributed by atoms with E-state index in [9.17, 15) is 45.1 Å². The van der Waals surface area contributed by atoms with Crippen molar-refractivity contribution in [3.63, 3.8) is 0 Å². The zero-order chi connectivity index (χ0) is 33.6. The number of alkyl halides is 6. The minimum atomic E-state index is -5.09. The third-order valence-corrected chi connectivity index (χ3v) is 9.30. The fourth-order valence-electron chi connectivity index (χ4n) is 6.35. The molecule has 2 heterocycles. The maximum absolute atomic E-state index is 13.8. The lowest BCUT2D eigenvalue weighted by molar-refractivity contribution is -0.143. The standard InChI is InChI=1S/C32H35F7N4O3/c1-40(25-15-22(31(34,35)36)14-23(16-25)32(37,38)39)30(46)41(2)27-18-43(17-26(27)20-5-7-24(33)8-6-20)29(45)21-9-11-42(12-10-21)28(44)13-19-3-4-19/h5-8,14-16,19,21,26-27H,3-4,9-13,17-18H2,1-2H3. The summed E-state index contributed by atoms with van der Waals surface area (Å²) >= 11 is 0. The summed E-state index contributed by atoms with van der Waals surface area (Å²) in [7, 11) is 2.45. The molecule has 7 nitrogen and oxygen atoms in total. The molecule has 2 saturated heterocycles. The first kappa shape index (κ1) is 33.5. The molecule has 2 unspecified atom stereocenters. The van der Waals surface area contributed by atoms with Gasteiger partial charge < -0.3 is 14.7 Å². The number of benzene rings is 2. The van der Waals surface area contributed by atoms with E-state index in [2.05, 4.69) is 0 Å². The van der Waals surface area contributed by atoms with Crippen LogP contribution in [0.3, 0.4) is 0 Å². The van der Waals surface area contributed by atoms with Gasteiger partial charge in [0.15, 0.2) is 0 Å². The van der Waals surface area contributed by atoms with Crippen molar-refractivity contribution in [2.24, 2.45) is 11.8 Å². The van der Waals surface area contributed by atoms with Gasteiger partial charge in [-0.3, -0.25) is 14.5 Å². The van der Waals surface area contributed by atoms with Crippen LogP contribution in [-0.4, -0.2) is 78.9 Å². The van der Waals surface area contributed by atoms with Gasteiger partial charge in [0, 0.05) is 64.2 Å². The summed E-state index contributed by atoms with van der Waals surface area (Å²) in [4.78, 5) is 45.2. The van der Waals surface area contributed by atoms with Gasteiger partial charge in [-0.1, -0.05) is 12.1 Å². The number of hydrogen-bond donors (Lipinski definition) is 0. The number of likely N-dealkylation sites (tertiary alicyclic amines) is 2. The lowest BCUT2D eigenvalue weighted by atomic mass is 9.93. The molecule has 0 bridgehead atoms. The van der Waals surface area contributed by atoms with Crippen molar-refractivity contribution in [3.05, 3.63) is 65.0 Å². The number of urea groups is 1. The molecule has 0 aromatic heterocycles. The molecular formula is C32H35F7N4O3. The SMILES string of the molecule is CN(C(=O)N(C)C1CN(C(=O)C2CCN(C(=O)CC3CC3)CC2)CC1c1ccc(F)cc1)c1cc(C(F)(F)F)cc(C(F)(F)F)c1. The summed E-state index contributed by atoms with van der Waals surface area (Å²) in [5.41, 5.74) is -3.10. The Bertz CT molecular complexity index is 1420. The van der Waals surface area contributed by atoms with Crippen molar-refractivity contribution in [2.75, 3.05) is 45.2 Å². The first-order chi connectivity index (χ1) is 21.5. The minimum Gasteiger partial charge on any atom is -0.343 e. The largest absolute Gasteiger partial charge is 0.416 e. The predicted octanol–water partition coefficient (Wildman–Crippen LogP) is 6.38. The number of rotatable bonds is 6. The van der Waals surface area contributed by atoms with Crippen LogP contribution in [0.25, 0.3) is 0 Å². The topological polar surface area (TPSA) is 64.2 Å². The molecule has 14 heteroatoms. The molecule has 4 amide bonds. The molecule has 1 saturated carbocycles. The van der Waals surface area contributed by atoms with Gasteiger partial charge in [-0.2, -0.15) is 26.3 Å². The number of amides is 4. The van der Waals surface area contributed by atoms with Crippen LogP contribution in [0.2, 0.25) is 0 Å². The average Bonchev–Trinajstić information content (AvgIpc) is 3.72. The van der Waals surface area contributed by atoms with Crippen LogP contribution in [0, 0.1) is 17.7 Å². The predicted molar refractivity (Wildman–Crippen MR) is 154 cm³/mol. The second-order valence-electron chi connectivity index (χ2n) is 12.5. The molecule has 3 aliphatic rings. The Morgan fingerprint density at radius 1 is 0.804 bits per heavy atom. The Morgan fingerprint density at radius 3 is 1.89 bits per heavy atom. The number of anilines is 1. The summed E-state index contributed by atoms with van der Waals surface area (Å²) in [5, 5.41) is 0. The molecule has 0 spiro atoms. The number of nitrogens with zero attached hydrogens (tertiary/aromatic N) is 4. The van der Waals surface area contributed by atoms with Crippen LogP contribution in [-0.2, 0) is 21.9 Å². The van der Waals surface area contributed by atoms with Crippen molar-refractivity contribution in [1.29, 1.82) is 0 Å². The van der Waals surface area contributed by atoms with Crippen LogP contribution in [0.1, 0.15) is 54.7 Å². The number of carbonyl (C=O) groups is 3. The average molecular weight is 657 g/mol. The maximum atomic E-state index is 13.8. The van der Waals surface area contributed by atoms with E-state index in [1.54, 1.807) is 9.80 Å². The molecule has 2 atom stereocenters. The minimum absolute atomic E-state index is 0.00986. The van der Waals surface area contributed by atoms with Gasteiger partial charge in [0.1, 0.15) is 5.82 Å². The van der Waals surface area contributed by atoms with Crippen molar-refractivity contribution in [3.8, 4) is 0 Å². The number of piperidine rings is 1. The Labute approximate surface area is 261 Å². The summed E-state index contributed by atoms with van der Waals surface area (Å²) in [6, 6.07) is 4.85. The van der Waals surface area contributed by atoms with Gasteiger partial charge in [0.05, 0.1) is 17.2 Å². The van der Waals surface area contributed by atoms with Crippen LogP contribution < -0.4 is 4.90 Å². The number of halogens is 7. The number of likely N-dealkylation sites (N-methyl/N-ethyl adjacent to an activating group) is 1. The van der Waals surface area contributed by atoms with Gasteiger partial charge in [-0.05, 0) is 67.5 Å². The highest BCUT2D eigenvalue weighted by atomic mass is 19.4. The fourth-order valence-corrected chi connectivity index (χ4v) is 6.35. The molecule has 3 fully saturated rings. The van der Waals surface area contributed by atoms with E-state index in [-0.39, 0.29) is 36.9 Å². The smallest absolute Gasteiger partial charge is 0.343 e. The van der Waals surface area contributed by atoms with Crippen LogP contribution in [0.15, 0.2) is 42.5 Å². The van der Waals surface area contributed by atoms with E-state index in [4.69, 9.17) is 0 Å². The monoisotopic (exact) mass is 656 g/mol. The third kappa shape index (κ3) is 7.41. The molecule has 46 heavy (non-hydrogen) atoms. The number of hydrogen-bond acceptors (Lipinski definition) is 3. The lowest BCUT2D eigenvalue weighted by Gasteiger charge is -2.34. The van der Waals surface area contributed by atoms with E-state index in [0.717, 1.165) is 19.9 Å². The maximum Gasteiger partial charge on any atom is 0.416 e. The van der Waals surface area contributed by atoms with Crippen LogP contribution >= 0.6 is 0 Å². The second kappa shape index (κ2) is 12.7. The van der Waals surface area contributed by atoms with Crippen molar-refractivity contribution >= 4 is 23.5 Å². The molecule has 2 aliphatic heterocycles. The van der Waals surface area contributed by atoms with E-state index in [0.29, 0.717) is 60.9 Å². The Hall–Kier alpha value is -3.84. The highest BCUT2D eigenvalue weighted by Crippen LogP contribution is 2.39. The lowest BCUT2D eigenvalue weighted by Crippen LogP contribution is -2.48. The molecule has 0 N–H and O–H groups in total. The summed E-state index contributed by atoms with van der Waals surface area (Å²) in [6.45, 7) is 1.13. The van der Waals surface area contributed by atoms with E-state index < -0.39 is 53.0 Å². The van der Waals surface area contributed by atoms with E-state index in [1.807, 2.05) is 0 Å². The van der Waals surface area contributed by atoms with E-state index >= 15 is 0 Å². The number of carbonyl (C=O) groups excluding carboxylic acids is 3. The van der Waals surface area contributed by atoms with Gasteiger partial charge in [-0.15, -0.1) is 0 Å². The normalized spacial score (nSPS) is 21.0. The Morgan fingerprint density at radius 2 is 1.37 bits per heavy atom. The molecule has 5 rings (SSSR count). The fraction of sp³-hybridized carbons (Fsp3) is 0.531. The van der Waals surface area contributed by atoms with Crippen molar-refractivity contribution in [2.45, 2.75) is 56.4 Å². The first-order valence-corrected chi connectivity index (χ1v) is 15.1. The van der Waals surface area contributed by atoms with Gasteiger partial charge in [-0.25, -0.2) is 9.18 Å². The summed E-state index contributed by atoms with van der Waals surface area (Å²) in [6.07, 6.45) is -6.57. The molecule has 0 radical (unpaired) electrons. The zero-order valence-corrected chi connectivity index (χ0v) is 25.4. The molecule has 2 aromatic carbocycles. The van der Waals surface area contributed by atoms with Gasteiger partial charge in [0.2, 0.25) is 11.8 Å². The Kier molecular flexibility index (Phi) is 9.29. The highest BCUT2D eigenvalue weighted by molar-refractivity contribution is 5.92. The van der Waals surface area contributed by atoms with Gasteiger partial charge >= 0.3 is 18.4 Å². The second-order valence-corrected chi connectivity index (χ2v) is 12.5. The zero-order valence-electron chi connectivity index (χ0n) is 25.4. The Balaban J connectivity index is 1.35. The van der Waals surface area contributed by atoms with Crippen LogP contribution in [0.4, 0.5) is 41.2 Å². The van der Waals surface area contributed by atoms with Crippen LogP contribution in [0.5, 0.6) is 0 Å². The van der Waals surface area contributed by atoms with Gasteiger partial charge in [0.25, 0.3) is 0 Å². The summed E-state index contributed by atoms with van der Waals surface area (Å²) in [5.74, 6) is -0.977. The third-order valence-electron chi connectivity index (χ3n) is 9.30. The van der Waals surface area contributed by atoms with Crippen molar-refractivity contribution in [1.82, 2.24) is 14.7 Å². The summed E-state index contributed by atoms with van der Waals surface area (Å²) < 4.78 is 94.7. The molecule has 1 aliphatic carbocycles. The molecule has 2 aromatic rings. The van der Waals surface area contributed by atoms with E-state index in [1.165, 1.54) is 36.2 Å². The highest BCUT2D eigenvalue weighted by Gasteiger charge is 2.44. The van der Waals surface area contributed by atoms with Crippen molar-refractivity contribution < 1.29 is 45.1 Å². The quantitative estimate of drug-likeness (QED) is 0.339. The molecular weight excluding hydrogens is 621 g/mol.